The van der Waals surface area contributed by atoms with Crippen LogP contribution in [-0.4, -0.2) is 12.3 Å². The van der Waals surface area contributed by atoms with Gasteiger partial charge in [-0.05, 0) is 135 Å². The zero-order chi connectivity index (χ0) is 28.8. The fourth-order valence-electron chi connectivity index (χ4n) is 9.62. The maximum Gasteiger partial charge on any atom is 0.514 e. The van der Waals surface area contributed by atoms with Gasteiger partial charge in [-0.25, -0.2) is 4.79 Å². The molecule has 6 heteroatoms. The first-order valence-electron chi connectivity index (χ1n) is 15.6. The topological polar surface area (TPSA) is 35.5 Å². The van der Waals surface area contributed by atoms with E-state index >= 15 is 0 Å². The van der Waals surface area contributed by atoms with Gasteiger partial charge in [0.25, 0.3) is 0 Å². The van der Waals surface area contributed by atoms with Gasteiger partial charge >= 0.3 is 6.16 Å². The predicted molar refractivity (Wildman–Crippen MR) is 173 cm³/mol. The van der Waals surface area contributed by atoms with Gasteiger partial charge in [0, 0.05) is 10.9 Å². The fourth-order valence-corrected chi connectivity index (χ4v) is 12.0. The zero-order valence-electron chi connectivity index (χ0n) is 24.9. The van der Waals surface area contributed by atoms with Crippen LogP contribution in [0, 0.1) is 46.3 Å². The Balaban J connectivity index is 1.23. The number of allylic oxidation sites excluding steroid dienone is 1. The van der Waals surface area contributed by atoms with Crippen molar-refractivity contribution in [3.63, 3.8) is 0 Å². The highest BCUT2D eigenvalue weighted by molar-refractivity contribution is 9.11. The van der Waals surface area contributed by atoms with Crippen LogP contribution < -0.4 is 4.74 Å². The summed E-state index contributed by atoms with van der Waals surface area (Å²) < 4.78 is 13.8. The molecule has 0 amide bonds. The summed E-state index contributed by atoms with van der Waals surface area (Å²) in [5.41, 5.74) is 2.29. The Bertz CT molecular complexity index is 1110. The molecule has 40 heavy (non-hydrogen) atoms. The van der Waals surface area contributed by atoms with E-state index in [4.69, 9.17) is 9.47 Å². The van der Waals surface area contributed by atoms with Crippen LogP contribution in [0.3, 0.4) is 0 Å². The molecule has 222 valence electrons. The standard InChI is InChI=1S/C34H47Br3O3/c1-20(2)7-6-8-21(3)26-11-12-27-25-10-9-22-17-24(13-15-33(22,4)28(25)14-16-34(26,27)5)39-32(38)40-31-29(36)18-23(35)19-30(31)37/h9,18-21,24-28H,6-8,10-17H2,1-5H3. The van der Waals surface area contributed by atoms with Gasteiger partial charge in [0.2, 0.25) is 0 Å². The first kappa shape index (κ1) is 31.1. The average Bonchev–Trinajstić information content (AvgIpc) is 3.23. The van der Waals surface area contributed by atoms with Crippen LogP contribution in [0.1, 0.15) is 105 Å². The van der Waals surface area contributed by atoms with Gasteiger partial charge in [-0.2, -0.15) is 0 Å². The SMILES string of the molecule is CC(C)CCCC(C)C1CCC2C3CC=C4CC(OC(=O)Oc5c(Br)cc(Br)cc5Br)CCC4(C)C3CCC12C. The van der Waals surface area contributed by atoms with Crippen molar-refractivity contribution in [2.45, 2.75) is 111 Å². The summed E-state index contributed by atoms with van der Waals surface area (Å²) in [6.45, 7) is 12.5. The lowest BCUT2D eigenvalue weighted by atomic mass is 9.47. The fraction of sp³-hybridized carbons (Fsp3) is 0.735. The zero-order valence-corrected chi connectivity index (χ0v) is 29.7. The molecule has 0 aromatic heterocycles. The van der Waals surface area contributed by atoms with Gasteiger partial charge in [0.15, 0.2) is 5.75 Å². The number of hydrogen-bond acceptors (Lipinski definition) is 3. The second-order valence-electron chi connectivity index (χ2n) is 14.3. The van der Waals surface area contributed by atoms with Crippen molar-refractivity contribution in [2.24, 2.45) is 46.3 Å². The Morgan fingerprint density at radius 2 is 1.70 bits per heavy atom. The Kier molecular flexibility index (Phi) is 9.60. The van der Waals surface area contributed by atoms with Crippen molar-refractivity contribution in [3.8, 4) is 5.75 Å². The summed E-state index contributed by atoms with van der Waals surface area (Å²) in [7, 11) is 0. The third-order valence-electron chi connectivity index (χ3n) is 11.7. The minimum Gasteiger partial charge on any atom is -0.430 e. The van der Waals surface area contributed by atoms with E-state index < -0.39 is 6.16 Å². The monoisotopic (exact) mass is 740 g/mol. The van der Waals surface area contributed by atoms with Crippen molar-refractivity contribution in [1.82, 2.24) is 0 Å². The molecule has 1 aromatic carbocycles. The molecular weight excluding hydrogens is 696 g/mol. The smallest absolute Gasteiger partial charge is 0.430 e. The van der Waals surface area contributed by atoms with Crippen LogP contribution in [0.2, 0.25) is 0 Å². The summed E-state index contributed by atoms with van der Waals surface area (Å²) in [4.78, 5) is 12.8. The molecule has 0 heterocycles. The highest BCUT2D eigenvalue weighted by Gasteiger charge is 2.59. The first-order chi connectivity index (χ1) is 18.9. The highest BCUT2D eigenvalue weighted by Crippen LogP contribution is 2.67. The number of halogens is 3. The van der Waals surface area contributed by atoms with E-state index in [0.717, 1.165) is 59.2 Å². The van der Waals surface area contributed by atoms with E-state index in [-0.39, 0.29) is 11.5 Å². The lowest BCUT2D eigenvalue weighted by Gasteiger charge is -2.58. The quantitative estimate of drug-likeness (QED) is 0.158. The van der Waals surface area contributed by atoms with E-state index in [9.17, 15) is 4.79 Å². The molecule has 0 radical (unpaired) electrons. The Labute approximate surface area is 267 Å². The summed E-state index contributed by atoms with van der Waals surface area (Å²) in [6.07, 6.45) is 15.7. The van der Waals surface area contributed by atoms with Gasteiger partial charge in [0.1, 0.15) is 6.10 Å². The largest absolute Gasteiger partial charge is 0.514 e. The molecule has 4 aliphatic carbocycles. The molecule has 0 bridgehead atoms. The van der Waals surface area contributed by atoms with Crippen LogP contribution in [0.25, 0.3) is 0 Å². The normalized spacial score (nSPS) is 35.8. The molecule has 5 rings (SSSR count). The van der Waals surface area contributed by atoms with Crippen LogP contribution in [-0.2, 0) is 4.74 Å². The van der Waals surface area contributed by atoms with Crippen molar-refractivity contribution in [2.75, 3.05) is 0 Å². The Hall–Kier alpha value is -0.330. The minimum absolute atomic E-state index is 0.118. The van der Waals surface area contributed by atoms with Gasteiger partial charge in [-0.3, -0.25) is 0 Å². The first-order valence-corrected chi connectivity index (χ1v) is 18.0. The summed E-state index contributed by atoms with van der Waals surface area (Å²) in [5, 5.41) is 0. The van der Waals surface area contributed by atoms with E-state index in [2.05, 4.69) is 88.5 Å². The van der Waals surface area contributed by atoms with Crippen molar-refractivity contribution < 1.29 is 14.3 Å². The Morgan fingerprint density at radius 1 is 0.975 bits per heavy atom. The van der Waals surface area contributed by atoms with Crippen molar-refractivity contribution in [3.05, 3.63) is 37.2 Å². The third kappa shape index (κ3) is 6.03. The van der Waals surface area contributed by atoms with E-state index in [1.54, 1.807) is 0 Å². The second kappa shape index (κ2) is 12.3. The second-order valence-corrected chi connectivity index (χ2v) is 16.9. The van der Waals surface area contributed by atoms with Gasteiger partial charge < -0.3 is 9.47 Å². The summed E-state index contributed by atoms with van der Waals surface area (Å²) in [5.74, 6) is 5.46. The summed E-state index contributed by atoms with van der Waals surface area (Å²) in [6, 6.07) is 3.72. The molecule has 3 nitrogen and oxygen atoms in total. The molecule has 1 aromatic rings. The van der Waals surface area contributed by atoms with E-state index in [1.807, 2.05) is 12.1 Å². The highest BCUT2D eigenvalue weighted by atomic mass is 79.9. The molecule has 8 atom stereocenters. The average molecular weight is 743 g/mol. The van der Waals surface area contributed by atoms with Crippen LogP contribution in [0.5, 0.6) is 5.75 Å². The van der Waals surface area contributed by atoms with Crippen molar-refractivity contribution >= 4 is 53.9 Å². The lowest BCUT2D eigenvalue weighted by Crippen LogP contribution is -2.51. The number of ether oxygens (including phenoxy) is 2. The molecular formula is C34H47Br3O3. The third-order valence-corrected chi connectivity index (χ3v) is 13.3. The Morgan fingerprint density at radius 3 is 2.40 bits per heavy atom. The predicted octanol–water partition coefficient (Wildman–Crippen LogP) is 11.9. The van der Waals surface area contributed by atoms with Gasteiger partial charge in [-0.1, -0.05) is 81.5 Å². The number of fused-ring (bicyclic) bond motifs is 5. The van der Waals surface area contributed by atoms with Crippen LogP contribution >= 0.6 is 47.8 Å². The van der Waals surface area contributed by atoms with Gasteiger partial charge in [0.05, 0.1) is 8.95 Å². The maximum absolute atomic E-state index is 12.8. The minimum atomic E-state index is -0.625. The summed E-state index contributed by atoms with van der Waals surface area (Å²) >= 11 is 10.4. The molecule has 0 aliphatic heterocycles. The molecule has 0 N–H and O–H groups in total. The van der Waals surface area contributed by atoms with Crippen LogP contribution in [0.15, 0.2) is 37.2 Å². The van der Waals surface area contributed by atoms with E-state index in [1.165, 1.54) is 56.9 Å². The molecule has 8 unspecified atom stereocenters. The number of benzene rings is 1. The lowest BCUT2D eigenvalue weighted by molar-refractivity contribution is -0.0597. The number of carbonyl (C=O) groups excluding carboxylic acids is 1. The van der Waals surface area contributed by atoms with E-state index in [0.29, 0.717) is 20.1 Å². The molecule has 3 saturated carbocycles. The van der Waals surface area contributed by atoms with Crippen LogP contribution in [0.4, 0.5) is 4.79 Å². The number of hydrogen-bond donors (Lipinski definition) is 0. The molecule has 4 aliphatic rings. The van der Waals surface area contributed by atoms with Gasteiger partial charge in [-0.15, -0.1) is 0 Å². The molecule has 0 spiro atoms. The number of carbonyl (C=O) groups is 1. The maximum atomic E-state index is 12.8. The number of rotatable bonds is 7. The molecule has 0 saturated heterocycles. The van der Waals surface area contributed by atoms with Crippen molar-refractivity contribution in [1.29, 1.82) is 0 Å². The molecule has 3 fully saturated rings.